The molecule has 0 spiro atoms. The molecule has 0 saturated carbocycles. The third-order valence-corrected chi connectivity index (χ3v) is 8.67. The van der Waals surface area contributed by atoms with Crippen LogP contribution < -0.4 is 4.72 Å². The van der Waals surface area contributed by atoms with Crippen molar-refractivity contribution in [1.29, 1.82) is 0 Å². The van der Waals surface area contributed by atoms with Crippen LogP contribution in [0.2, 0.25) is 5.02 Å². The van der Waals surface area contributed by atoms with Gasteiger partial charge in [0.25, 0.3) is 5.91 Å². The Morgan fingerprint density at radius 2 is 2.12 bits per heavy atom. The highest BCUT2D eigenvalue weighted by atomic mass is 35.5. The summed E-state index contributed by atoms with van der Waals surface area (Å²) < 4.78 is 34.7. The number of ether oxygens (including phenoxy) is 1. The second-order valence-corrected chi connectivity index (χ2v) is 10.9. The minimum absolute atomic E-state index is 0.0586. The molecule has 2 heterocycles. The van der Waals surface area contributed by atoms with E-state index in [-0.39, 0.29) is 40.1 Å². The number of nitrogens with one attached hydrogen (secondary N) is 1. The molecule has 7 nitrogen and oxygen atoms in total. The summed E-state index contributed by atoms with van der Waals surface area (Å²) >= 11 is 7.71. The van der Waals surface area contributed by atoms with Gasteiger partial charge >= 0.3 is 0 Å². The number of para-hydroxylation sites is 1. The third-order valence-electron chi connectivity index (χ3n) is 5.56. The maximum atomic E-state index is 13.2. The van der Waals surface area contributed by atoms with Crippen molar-refractivity contribution in [3.63, 3.8) is 0 Å². The number of aromatic nitrogens is 1. The van der Waals surface area contributed by atoms with E-state index in [9.17, 15) is 13.2 Å². The second kappa shape index (κ2) is 9.44. The Kier molecular flexibility index (Phi) is 6.83. The highest BCUT2D eigenvalue weighted by Crippen LogP contribution is 2.30. The lowest BCUT2D eigenvalue weighted by Crippen LogP contribution is -2.32. The van der Waals surface area contributed by atoms with Gasteiger partial charge in [-0.15, -0.1) is 11.3 Å². The summed E-state index contributed by atoms with van der Waals surface area (Å²) in [5, 5.41) is 0.866. The number of hydrogen-bond acceptors (Lipinski definition) is 6. The first-order valence-electron chi connectivity index (χ1n) is 10.3. The van der Waals surface area contributed by atoms with Crippen molar-refractivity contribution >= 4 is 49.1 Å². The molecule has 2 aromatic carbocycles. The van der Waals surface area contributed by atoms with Gasteiger partial charge in [0, 0.05) is 25.8 Å². The van der Waals surface area contributed by atoms with Gasteiger partial charge in [-0.1, -0.05) is 23.7 Å². The fourth-order valence-electron chi connectivity index (χ4n) is 3.54. The van der Waals surface area contributed by atoms with Gasteiger partial charge in [-0.25, -0.2) is 18.1 Å². The van der Waals surface area contributed by atoms with E-state index in [1.807, 2.05) is 31.2 Å². The first-order valence-corrected chi connectivity index (χ1v) is 13.0. The molecule has 1 fully saturated rings. The molecule has 1 saturated heterocycles. The van der Waals surface area contributed by atoms with E-state index in [0.29, 0.717) is 6.61 Å². The molecule has 1 aliphatic rings. The van der Waals surface area contributed by atoms with E-state index < -0.39 is 10.0 Å². The fraction of sp³-hybridized carbons (Fsp3) is 0.364. The summed E-state index contributed by atoms with van der Waals surface area (Å²) in [6, 6.07) is 11.8. The summed E-state index contributed by atoms with van der Waals surface area (Å²) in [6.07, 6.45) is 1.58. The Morgan fingerprint density at radius 3 is 2.84 bits per heavy atom. The fourth-order valence-corrected chi connectivity index (χ4v) is 6.19. The molecule has 3 aromatic rings. The first-order chi connectivity index (χ1) is 15.3. The molecular weight excluding hydrogens is 470 g/mol. The molecule has 10 heteroatoms. The molecule has 1 amide bonds. The van der Waals surface area contributed by atoms with Crippen molar-refractivity contribution in [2.75, 3.05) is 20.2 Å². The summed E-state index contributed by atoms with van der Waals surface area (Å²) in [5.41, 5.74) is 1.12. The van der Waals surface area contributed by atoms with Crippen molar-refractivity contribution in [3.8, 4) is 0 Å². The zero-order chi connectivity index (χ0) is 22.9. The van der Waals surface area contributed by atoms with Gasteiger partial charge in [-0.05, 0) is 50.1 Å². The van der Waals surface area contributed by atoms with Crippen molar-refractivity contribution in [3.05, 3.63) is 58.1 Å². The molecule has 0 aliphatic carbocycles. The Balaban J connectivity index is 1.54. The van der Waals surface area contributed by atoms with Crippen molar-refractivity contribution < 1.29 is 17.9 Å². The average molecular weight is 494 g/mol. The van der Waals surface area contributed by atoms with Crippen LogP contribution in [0.4, 0.5) is 0 Å². The number of halogens is 1. The van der Waals surface area contributed by atoms with E-state index in [2.05, 4.69) is 9.71 Å². The molecule has 0 bridgehead atoms. The van der Waals surface area contributed by atoms with Crippen LogP contribution in [0.1, 0.15) is 41.2 Å². The molecular formula is C22H24ClN3O4S2. The minimum Gasteiger partial charge on any atom is -0.377 e. The molecule has 0 unspecified atom stereocenters. The number of carbonyl (C=O) groups is 1. The second-order valence-electron chi connectivity index (χ2n) is 7.74. The van der Waals surface area contributed by atoms with E-state index in [1.54, 1.807) is 11.9 Å². The van der Waals surface area contributed by atoms with Gasteiger partial charge in [0.2, 0.25) is 10.0 Å². The van der Waals surface area contributed by atoms with Crippen LogP contribution in [0.25, 0.3) is 10.2 Å². The van der Waals surface area contributed by atoms with Crippen LogP contribution in [-0.2, 0) is 14.8 Å². The molecule has 170 valence electrons. The topological polar surface area (TPSA) is 88.6 Å². The number of sulfonamides is 1. The molecule has 1 N–H and O–H groups in total. The predicted molar refractivity (Wildman–Crippen MR) is 126 cm³/mol. The monoisotopic (exact) mass is 493 g/mol. The highest BCUT2D eigenvalue weighted by molar-refractivity contribution is 7.89. The van der Waals surface area contributed by atoms with Gasteiger partial charge in [-0.2, -0.15) is 0 Å². The molecule has 1 aliphatic heterocycles. The van der Waals surface area contributed by atoms with Gasteiger partial charge < -0.3 is 9.64 Å². The molecule has 1 aromatic heterocycles. The quantitative estimate of drug-likeness (QED) is 0.531. The van der Waals surface area contributed by atoms with Crippen LogP contribution >= 0.6 is 22.9 Å². The van der Waals surface area contributed by atoms with Crippen LogP contribution in [-0.4, -0.2) is 50.5 Å². The normalized spacial score (nSPS) is 17.5. The number of amides is 1. The van der Waals surface area contributed by atoms with Crippen molar-refractivity contribution in [2.24, 2.45) is 0 Å². The van der Waals surface area contributed by atoms with Gasteiger partial charge in [-0.3, -0.25) is 4.79 Å². The summed E-state index contributed by atoms with van der Waals surface area (Å²) in [7, 11) is -2.21. The van der Waals surface area contributed by atoms with Crippen molar-refractivity contribution in [2.45, 2.75) is 36.8 Å². The Labute approximate surface area is 196 Å². The number of carbonyl (C=O) groups excluding carboxylic acids is 1. The summed E-state index contributed by atoms with van der Waals surface area (Å²) in [6.45, 7) is 2.70. The summed E-state index contributed by atoms with van der Waals surface area (Å²) in [4.78, 5) is 19.2. The predicted octanol–water partition coefficient (Wildman–Crippen LogP) is 4.24. The lowest BCUT2D eigenvalue weighted by molar-refractivity contribution is 0.0742. The van der Waals surface area contributed by atoms with Crippen molar-refractivity contribution in [1.82, 2.24) is 14.6 Å². The number of nitrogens with zero attached hydrogens (tertiary/aromatic N) is 2. The van der Waals surface area contributed by atoms with Gasteiger partial charge in [0.15, 0.2) is 0 Å². The SMILES string of the molecule is C[C@@H](c1nc2ccccc2s1)N(C)C(=O)c1ccc(Cl)c(S(=O)(=O)NC[C@@H]2CCCO2)c1. The lowest BCUT2D eigenvalue weighted by atomic mass is 10.2. The van der Waals surface area contributed by atoms with E-state index in [1.165, 1.54) is 29.5 Å². The largest absolute Gasteiger partial charge is 0.377 e. The highest BCUT2D eigenvalue weighted by Gasteiger charge is 2.26. The Hall–Kier alpha value is -2.04. The summed E-state index contributed by atoms with van der Waals surface area (Å²) in [5.74, 6) is -0.316. The zero-order valence-corrected chi connectivity index (χ0v) is 20.1. The Morgan fingerprint density at radius 1 is 1.34 bits per heavy atom. The maximum Gasteiger partial charge on any atom is 0.254 e. The molecule has 4 rings (SSSR count). The molecule has 0 radical (unpaired) electrons. The van der Waals surface area contributed by atoms with Crippen LogP contribution in [0, 0.1) is 0 Å². The number of thiazole rings is 1. The number of hydrogen-bond donors (Lipinski definition) is 1. The maximum absolute atomic E-state index is 13.2. The molecule has 2 atom stereocenters. The van der Waals surface area contributed by atoms with Gasteiger partial charge in [0.05, 0.1) is 27.4 Å². The zero-order valence-electron chi connectivity index (χ0n) is 17.7. The standard InChI is InChI=1S/C22H24ClN3O4S2/c1-14(21-25-18-7-3-4-8-19(18)31-21)26(2)22(27)15-9-10-17(23)20(12-15)32(28,29)24-13-16-6-5-11-30-16/h3-4,7-10,12,14,16,24H,5-6,11,13H2,1-2H3/t14-,16-/m0/s1. The molecule has 32 heavy (non-hydrogen) atoms. The third kappa shape index (κ3) is 4.82. The van der Waals surface area contributed by atoms with E-state index in [0.717, 1.165) is 28.1 Å². The van der Waals surface area contributed by atoms with Crippen LogP contribution in [0.3, 0.4) is 0 Å². The van der Waals surface area contributed by atoms with Crippen LogP contribution in [0.15, 0.2) is 47.4 Å². The minimum atomic E-state index is -3.89. The lowest BCUT2D eigenvalue weighted by Gasteiger charge is -2.23. The average Bonchev–Trinajstić information content (AvgIpc) is 3.46. The Bertz CT molecular complexity index is 1210. The van der Waals surface area contributed by atoms with E-state index >= 15 is 0 Å². The number of fused-ring (bicyclic) bond motifs is 1. The smallest absolute Gasteiger partial charge is 0.254 e. The first kappa shape index (κ1) is 23.1. The number of rotatable bonds is 7. The number of benzene rings is 2. The van der Waals surface area contributed by atoms with Crippen LogP contribution in [0.5, 0.6) is 0 Å². The van der Waals surface area contributed by atoms with Gasteiger partial charge in [0.1, 0.15) is 9.90 Å². The van der Waals surface area contributed by atoms with E-state index in [4.69, 9.17) is 16.3 Å².